The molecular formula is C17H31NO4. The van der Waals surface area contributed by atoms with Gasteiger partial charge >= 0.3 is 12.1 Å². The van der Waals surface area contributed by atoms with Crippen molar-refractivity contribution in [1.82, 2.24) is 5.32 Å². The molecule has 0 aromatic rings. The minimum absolute atomic E-state index is 0.0666. The van der Waals surface area contributed by atoms with E-state index in [-0.39, 0.29) is 17.9 Å². The van der Waals surface area contributed by atoms with E-state index >= 15 is 0 Å². The molecule has 0 rings (SSSR count). The van der Waals surface area contributed by atoms with E-state index < -0.39 is 11.7 Å². The summed E-state index contributed by atoms with van der Waals surface area (Å²) in [6, 6.07) is -0.118. The van der Waals surface area contributed by atoms with Crippen LogP contribution in [-0.4, -0.2) is 30.3 Å². The van der Waals surface area contributed by atoms with Crippen molar-refractivity contribution in [3.63, 3.8) is 0 Å². The molecular weight excluding hydrogens is 282 g/mol. The van der Waals surface area contributed by atoms with Crippen molar-refractivity contribution in [1.29, 1.82) is 0 Å². The molecule has 0 spiro atoms. The first-order valence-corrected chi connectivity index (χ1v) is 8.04. The molecule has 0 aliphatic carbocycles. The molecule has 0 aromatic heterocycles. The minimum atomic E-state index is -0.524. The lowest BCUT2D eigenvalue weighted by molar-refractivity contribution is -0.137. The van der Waals surface area contributed by atoms with Gasteiger partial charge in [0.25, 0.3) is 0 Å². The summed E-state index contributed by atoms with van der Waals surface area (Å²) in [6.45, 7) is 11.6. The lowest BCUT2D eigenvalue weighted by Gasteiger charge is -2.25. The van der Waals surface area contributed by atoms with Gasteiger partial charge in [0.1, 0.15) is 5.60 Å². The Kier molecular flexibility index (Phi) is 9.54. The first kappa shape index (κ1) is 20.5. The lowest BCUT2D eigenvalue weighted by Crippen LogP contribution is -2.41. The average molecular weight is 313 g/mol. The first-order valence-electron chi connectivity index (χ1n) is 8.04. The second-order valence-electron chi connectivity index (χ2n) is 6.35. The Hall–Kier alpha value is -1.52. The maximum atomic E-state index is 11.8. The van der Waals surface area contributed by atoms with Gasteiger partial charge < -0.3 is 14.8 Å². The van der Waals surface area contributed by atoms with Gasteiger partial charge in [-0.1, -0.05) is 25.8 Å². The van der Waals surface area contributed by atoms with Crippen LogP contribution < -0.4 is 5.32 Å². The Labute approximate surface area is 134 Å². The minimum Gasteiger partial charge on any atom is -0.463 e. The lowest BCUT2D eigenvalue weighted by atomic mass is 9.94. The Morgan fingerprint density at radius 3 is 2.36 bits per heavy atom. The molecule has 0 fully saturated rings. The number of hydrogen-bond donors (Lipinski definition) is 1. The molecule has 0 aromatic carbocycles. The molecule has 0 saturated heterocycles. The van der Waals surface area contributed by atoms with Gasteiger partial charge in [-0.05, 0) is 47.0 Å². The van der Waals surface area contributed by atoms with Crippen LogP contribution in [0.2, 0.25) is 0 Å². The summed E-state index contributed by atoms with van der Waals surface area (Å²) in [5.41, 5.74) is -0.524. The van der Waals surface area contributed by atoms with Crippen molar-refractivity contribution >= 4 is 12.1 Å². The number of rotatable bonds is 8. The highest BCUT2D eigenvalue weighted by Gasteiger charge is 2.21. The molecule has 22 heavy (non-hydrogen) atoms. The maximum Gasteiger partial charge on any atom is 0.407 e. The largest absolute Gasteiger partial charge is 0.463 e. The normalized spacial score (nSPS) is 14.5. The van der Waals surface area contributed by atoms with Gasteiger partial charge in [0.05, 0.1) is 6.61 Å². The smallest absolute Gasteiger partial charge is 0.407 e. The van der Waals surface area contributed by atoms with Gasteiger partial charge in [0, 0.05) is 12.1 Å². The zero-order valence-corrected chi connectivity index (χ0v) is 14.8. The molecule has 5 heteroatoms. The van der Waals surface area contributed by atoms with Crippen molar-refractivity contribution in [2.45, 2.75) is 72.4 Å². The summed E-state index contributed by atoms with van der Waals surface area (Å²) < 4.78 is 10.1. The molecule has 5 nitrogen and oxygen atoms in total. The number of nitrogens with one attached hydrogen (secondary N) is 1. The van der Waals surface area contributed by atoms with Gasteiger partial charge in [-0.2, -0.15) is 0 Å². The Morgan fingerprint density at radius 1 is 1.23 bits per heavy atom. The molecule has 0 unspecified atom stereocenters. The molecule has 128 valence electrons. The monoisotopic (exact) mass is 313 g/mol. The van der Waals surface area contributed by atoms with Crippen molar-refractivity contribution in [2.24, 2.45) is 5.92 Å². The third-order valence-corrected chi connectivity index (χ3v) is 3.04. The average Bonchev–Trinajstić information content (AvgIpc) is 2.36. The number of alkyl carbamates (subject to hydrolysis) is 1. The van der Waals surface area contributed by atoms with Gasteiger partial charge in [0.15, 0.2) is 0 Å². The van der Waals surface area contributed by atoms with E-state index in [1.807, 2.05) is 33.8 Å². The van der Waals surface area contributed by atoms with Crippen LogP contribution in [0.15, 0.2) is 12.2 Å². The Morgan fingerprint density at radius 2 is 1.86 bits per heavy atom. The maximum absolute atomic E-state index is 11.8. The molecule has 0 saturated carbocycles. The fourth-order valence-electron chi connectivity index (χ4n) is 1.95. The zero-order valence-electron chi connectivity index (χ0n) is 14.8. The van der Waals surface area contributed by atoms with E-state index in [2.05, 4.69) is 12.2 Å². The highest BCUT2D eigenvalue weighted by Crippen LogP contribution is 2.16. The Balaban J connectivity index is 4.65. The molecule has 2 atom stereocenters. The van der Waals surface area contributed by atoms with Crippen LogP contribution in [0.4, 0.5) is 4.79 Å². The van der Waals surface area contributed by atoms with E-state index in [4.69, 9.17) is 9.47 Å². The van der Waals surface area contributed by atoms with Gasteiger partial charge in [-0.25, -0.2) is 9.59 Å². The standard InChI is InChI=1S/C17H31NO4/c1-7-9-10-14(11-12-15(19)21-8-2)13(3)18-16(20)22-17(4,5)6/h11-14H,7-10H2,1-6H3,(H,18,20)/b12-11+/t13-,14+/m1/s1. The van der Waals surface area contributed by atoms with Gasteiger partial charge in [0.2, 0.25) is 0 Å². The fourth-order valence-corrected chi connectivity index (χ4v) is 1.95. The van der Waals surface area contributed by atoms with Gasteiger partial charge in [-0.3, -0.25) is 0 Å². The summed E-state index contributed by atoms with van der Waals surface area (Å²) in [5.74, 6) is -0.287. The van der Waals surface area contributed by atoms with Gasteiger partial charge in [-0.15, -0.1) is 0 Å². The molecule has 0 aliphatic heterocycles. The van der Waals surface area contributed by atoms with Crippen molar-refractivity contribution in [3.8, 4) is 0 Å². The highest BCUT2D eigenvalue weighted by molar-refractivity contribution is 5.81. The molecule has 0 radical (unpaired) electrons. The predicted octanol–water partition coefficient (Wildman–Crippen LogP) is 3.83. The number of hydrogen-bond acceptors (Lipinski definition) is 4. The highest BCUT2D eigenvalue weighted by atomic mass is 16.6. The summed E-state index contributed by atoms with van der Waals surface area (Å²) in [5, 5.41) is 2.84. The van der Waals surface area contributed by atoms with Crippen molar-refractivity contribution < 1.29 is 19.1 Å². The summed E-state index contributed by atoms with van der Waals surface area (Å²) >= 11 is 0. The first-order chi connectivity index (χ1) is 10.2. The SMILES string of the molecule is CCCC[C@@H](/C=C/C(=O)OCC)[C@@H](C)NC(=O)OC(C)(C)C. The number of esters is 1. The number of carbonyl (C=O) groups excluding carboxylic acids is 2. The number of ether oxygens (including phenoxy) is 2. The molecule has 1 amide bonds. The van der Waals surface area contributed by atoms with E-state index in [1.165, 1.54) is 6.08 Å². The molecule has 0 aliphatic rings. The summed E-state index contributed by atoms with van der Waals surface area (Å²) in [4.78, 5) is 23.3. The van der Waals surface area contributed by atoms with Crippen LogP contribution in [-0.2, 0) is 14.3 Å². The number of carbonyl (C=O) groups is 2. The molecule has 0 heterocycles. The van der Waals surface area contributed by atoms with Crippen LogP contribution in [0.1, 0.15) is 60.8 Å². The van der Waals surface area contributed by atoms with Crippen molar-refractivity contribution in [3.05, 3.63) is 12.2 Å². The van der Waals surface area contributed by atoms with E-state index in [1.54, 1.807) is 6.92 Å². The molecule has 1 N–H and O–H groups in total. The third-order valence-electron chi connectivity index (χ3n) is 3.04. The van der Waals surface area contributed by atoms with E-state index in [0.717, 1.165) is 19.3 Å². The van der Waals surface area contributed by atoms with Crippen molar-refractivity contribution in [2.75, 3.05) is 6.61 Å². The quantitative estimate of drug-likeness (QED) is 0.546. The van der Waals surface area contributed by atoms with Crippen LogP contribution >= 0.6 is 0 Å². The topological polar surface area (TPSA) is 64.6 Å². The third kappa shape index (κ3) is 10.2. The Bertz CT molecular complexity index is 371. The number of amides is 1. The van der Waals surface area contributed by atoms with E-state index in [0.29, 0.717) is 6.61 Å². The van der Waals surface area contributed by atoms with Crippen LogP contribution in [0, 0.1) is 5.92 Å². The predicted molar refractivity (Wildman–Crippen MR) is 87.6 cm³/mol. The van der Waals surface area contributed by atoms with Crippen LogP contribution in [0.3, 0.4) is 0 Å². The van der Waals surface area contributed by atoms with E-state index in [9.17, 15) is 9.59 Å². The summed E-state index contributed by atoms with van der Waals surface area (Å²) in [6.07, 6.45) is 5.79. The second kappa shape index (κ2) is 10.2. The molecule has 0 bridgehead atoms. The summed E-state index contributed by atoms with van der Waals surface area (Å²) in [7, 11) is 0. The number of unbranched alkanes of at least 4 members (excludes halogenated alkanes) is 1. The fraction of sp³-hybridized carbons (Fsp3) is 0.765. The van der Waals surface area contributed by atoms with Crippen LogP contribution in [0.25, 0.3) is 0 Å². The van der Waals surface area contributed by atoms with Crippen LogP contribution in [0.5, 0.6) is 0 Å². The zero-order chi connectivity index (χ0) is 17.2. The second-order valence-corrected chi connectivity index (χ2v) is 6.35.